The molecule has 0 aliphatic rings. The molecule has 18 heavy (non-hydrogen) atoms. The molecule has 0 atom stereocenters. The number of anilines is 2. The lowest BCUT2D eigenvalue weighted by molar-refractivity contribution is 0.0593. The monoisotopic (exact) mass is 244 g/mol. The summed E-state index contributed by atoms with van der Waals surface area (Å²) < 4.78 is 4.56. The first-order valence-corrected chi connectivity index (χ1v) is 5.26. The van der Waals surface area contributed by atoms with Crippen LogP contribution in [0, 0.1) is 0 Å². The van der Waals surface area contributed by atoms with Gasteiger partial charge >= 0.3 is 5.97 Å². The number of esters is 1. The molecule has 0 aromatic carbocycles. The Bertz CT molecular complexity index is 528. The van der Waals surface area contributed by atoms with E-state index in [2.05, 4.69) is 19.7 Å². The molecule has 0 saturated carbocycles. The quantitative estimate of drug-likeness (QED) is 0.761. The van der Waals surface area contributed by atoms with E-state index in [-0.39, 0.29) is 5.69 Å². The van der Waals surface area contributed by atoms with E-state index in [4.69, 9.17) is 0 Å². The van der Waals surface area contributed by atoms with Gasteiger partial charge in [0.2, 0.25) is 0 Å². The van der Waals surface area contributed by atoms with E-state index in [1.165, 1.54) is 19.5 Å². The van der Waals surface area contributed by atoms with Gasteiger partial charge in [0.1, 0.15) is 0 Å². The van der Waals surface area contributed by atoms with Gasteiger partial charge in [0.05, 0.1) is 31.4 Å². The Balaban J connectivity index is 2.22. The molecule has 0 aliphatic heterocycles. The van der Waals surface area contributed by atoms with Crippen LogP contribution in [0.5, 0.6) is 0 Å². The van der Waals surface area contributed by atoms with E-state index >= 15 is 0 Å². The normalized spacial score (nSPS) is 9.89. The SMILES string of the molecule is COC(=O)c1cnc(N(C)c2cccnc2)cn1. The van der Waals surface area contributed by atoms with Gasteiger partial charge in [-0.3, -0.25) is 4.98 Å². The molecule has 2 heterocycles. The molecular formula is C12H12N4O2. The van der Waals surface area contributed by atoms with Gasteiger partial charge in [0.25, 0.3) is 0 Å². The molecule has 0 aliphatic carbocycles. The van der Waals surface area contributed by atoms with Gasteiger partial charge in [-0.25, -0.2) is 14.8 Å². The van der Waals surface area contributed by atoms with Crippen LogP contribution in [-0.2, 0) is 4.74 Å². The van der Waals surface area contributed by atoms with Crippen molar-refractivity contribution in [3.63, 3.8) is 0 Å². The van der Waals surface area contributed by atoms with Crippen molar-refractivity contribution in [1.29, 1.82) is 0 Å². The molecule has 0 amide bonds. The second-order valence-electron chi connectivity index (χ2n) is 3.52. The number of hydrogen-bond donors (Lipinski definition) is 0. The first-order chi connectivity index (χ1) is 8.72. The number of carbonyl (C=O) groups excluding carboxylic acids is 1. The summed E-state index contributed by atoms with van der Waals surface area (Å²) in [5, 5.41) is 0. The van der Waals surface area contributed by atoms with E-state index < -0.39 is 5.97 Å². The van der Waals surface area contributed by atoms with Crippen LogP contribution in [-0.4, -0.2) is 35.1 Å². The summed E-state index contributed by atoms with van der Waals surface area (Å²) >= 11 is 0. The van der Waals surface area contributed by atoms with E-state index in [1.807, 2.05) is 24.1 Å². The Labute approximate surface area is 104 Å². The first kappa shape index (κ1) is 12.0. The molecule has 0 saturated heterocycles. The number of methoxy groups -OCH3 is 1. The fraction of sp³-hybridized carbons (Fsp3) is 0.167. The van der Waals surface area contributed by atoms with Crippen LogP contribution in [0.15, 0.2) is 36.9 Å². The third-order valence-electron chi connectivity index (χ3n) is 2.41. The lowest BCUT2D eigenvalue weighted by atomic mass is 10.4. The van der Waals surface area contributed by atoms with Gasteiger partial charge < -0.3 is 9.64 Å². The van der Waals surface area contributed by atoms with Crippen molar-refractivity contribution in [2.45, 2.75) is 0 Å². The zero-order chi connectivity index (χ0) is 13.0. The number of pyridine rings is 1. The molecule has 0 bridgehead atoms. The predicted molar refractivity (Wildman–Crippen MR) is 65.7 cm³/mol. The maximum Gasteiger partial charge on any atom is 0.358 e. The minimum atomic E-state index is -0.502. The van der Waals surface area contributed by atoms with Crippen molar-refractivity contribution in [2.75, 3.05) is 19.1 Å². The van der Waals surface area contributed by atoms with Crippen LogP contribution in [0.3, 0.4) is 0 Å². The number of hydrogen-bond acceptors (Lipinski definition) is 6. The van der Waals surface area contributed by atoms with Gasteiger partial charge in [-0.2, -0.15) is 0 Å². The smallest absolute Gasteiger partial charge is 0.358 e. The fourth-order valence-corrected chi connectivity index (χ4v) is 1.39. The largest absolute Gasteiger partial charge is 0.464 e. The van der Waals surface area contributed by atoms with E-state index in [9.17, 15) is 4.79 Å². The van der Waals surface area contributed by atoms with Crippen LogP contribution < -0.4 is 4.90 Å². The van der Waals surface area contributed by atoms with Crippen molar-refractivity contribution in [2.24, 2.45) is 0 Å². The molecule has 0 N–H and O–H groups in total. The third-order valence-corrected chi connectivity index (χ3v) is 2.41. The minimum absolute atomic E-state index is 0.181. The Kier molecular flexibility index (Phi) is 3.47. The highest BCUT2D eigenvalue weighted by Gasteiger charge is 2.10. The topological polar surface area (TPSA) is 68.2 Å². The Morgan fingerprint density at radius 3 is 2.67 bits per heavy atom. The number of ether oxygens (including phenoxy) is 1. The highest BCUT2D eigenvalue weighted by molar-refractivity contribution is 5.86. The molecule has 0 unspecified atom stereocenters. The standard InChI is InChI=1S/C12H12N4O2/c1-16(9-4-3-5-13-6-9)11-8-14-10(7-15-11)12(17)18-2/h3-8H,1-2H3. The molecule has 2 aromatic rings. The lowest BCUT2D eigenvalue weighted by Gasteiger charge is -2.17. The number of rotatable bonds is 3. The maximum absolute atomic E-state index is 11.2. The highest BCUT2D eigenvalue weighted by Crippen LogP contribution is 2.18. The second-order valence-corrected chi connectivity index (χ2v) is 3.52. The molecule has 0 radical (unpaired) electrons. The Hall–Kier alpha value is -2.50. The summed E-state index contributed by atoms with van der Waals surface area (Å²) in [6.45, 7) is 0. The average molecular weight is 244 g/mol. The predicted octanol–water partition coefficient (Wildman–Crippen LogP) is 1.43. The Morgan fingerprint density at radius 1 is 1.28 bits per heavy atom. The minimum Gasteiger partial charge on any atom is -0.464 e. The van der Waals surface area contributed by atoms with Gasteiger partial charge in [-0.1, -0.05) is 0 Å². The molecule has 0 spiro atoms. The Morgan fingerprint density at radius 2 is 2.11 bits per heavy atom. The molecule has 92 valence electrons. The van der Waals surface area contributed by atoms with E-state index in [1.54, 1.807) is 12.4 Å². The molecule has 6 heteroatoms. The zero-order valence-corrected chi connectivity index (χ0v) is 10.1. The molecule has 0 fully saturated rings. The van der Waals surface area contributed by atoms with Crippen LogP contribution in [0.2, 0.25) is 0 Å². The lowest BCUT2D eigenvalue weighted by Crippen LogP contribution is -2.13. The maximum atomic E-state index is 11.2. The van der Waals surface area contributed by atoms with Crippen molar-refractivity contribution in [3.05, 3.63) is 42.6 Å². The molecule has 6 nitrogen and oxygen atoms in total. The zero-order valence-electron chi connectivity index (χ0n) is 10.1. The summed E-state index contributed by atoms with van der Waals surface area (Å²) in [5.41, 5.74) is 1.07. The number of nitrogens with zero attached hydrogens (tertiary/aromatic N) is 4. The highest BCUT2D eigenvalue weighted by atomic mass is 16.5. The van der Waals surface area contributed by atoms with Gasteiger partial charge in [-0.05, 0) is 12.1 Å². The fourth-order valence-electron chi connectivity index (χ4n) is 1.39. The van der Waals surface area contributed by atoms with Crippen LogP contribution in [0.25, 0.3) is 0 Å². The van der Waals surface area contributed by atoms with Crippen molar-refractivity contribution >= 4 is 17.5 Å². The van der Waals surface area contributed by atoms with Crippen molar-refractivity contribution in [3.8, 4) is 0 Å². The summed E-state index contributed by atoms with van der Waals surface area (Å²) in [5.74, 6) is 0.119. The second kappa shape index (κ2) is 5.22. The van der Waals surface area contributed by atoms with Crippen LogP contribution in [0.4, 0.5) is 11.5 Å². The van der Waals surface area contributed by atoms with E-state index in [0.717, 1.165) is 5.69 Å². The number of carbonyl (C=O) groups is 1. The van der Waals surface area contributed by atoms with Crippen LogP contribution >= 0.6 is 0 Å². The van der Waals surface area contributed by atoms with Crippen LogP contribution in [0.1, 0.15) is 10.5 Å². The molecule has 2 aromatic heterocycles. The van der Waals surface area contributed by atoms with Gasteiger partial charge in [0.15, 0.2) is 11.5 Å². The summed E-state index contributed by atoms with van der Waals surface area (Å²) in [4.78, 5) is 25.2. The third kappa shape index (κ3) is 2.42. The molecule has 2 rings (SSSR count). The first-order valence-electron chi connectivity index (χ1n) is 5.26. The molecular weight excluding hydrogens is 232 g/mol. The summed E-state index contributed by atoms with van der Waals surface area (Å²) in [6.07, 6.45) is 6.31. The summed E-state index contributed by atoms with van der Waals surface area (Å²) in [7, 11) is 3.15. The van der Waals surface area contributed by atoms with Gasteiger partial charge in [0, 0.05) is 13.2 Å². The van der Waals surface area contributed by atoms with Crippen molar-refractivity contribution in [1.82, 2.24) is 15.0 Å². The summed E-state index contributed by atoms with van der Waals surface area (Å²) in [6, 6.07) is 3.74. The van der Waals surface area contributed by atoms with E-state index in [0.29, 0.717) is 5.82 Å². The average Bonchev–Trinajstić information content (AvgIpc) is 2.47. The van der Waals surface area contributed by atoms with Crippen molar-refractivity contribution < 1.29 is 9.53 Å². The van der Waals surface area contributed by atoms with Gasteiger partial charge in [-0.15, -0.1) is 0 Å². The number of aromatic nitrogens is 3.